The van der Waals surface area contributed by atoms with Crippen LogP contribution in [0.3, 0.4) is 0 Å². The fourth-order valence-electron chi connectivity index (χ4n) is 5.90. The predicted octanol–water partition coefficient (Wildman–Crippen LogP) is 4.49. The number of carbonyl (C=O) groups is 1. The number of carbonyl (C=O) groups excluding carboxylic acids is 1. The highest BCUT2D eigenvalue weighted by Crippen LogP contribution is 2.53. The largest absolute Gasteiger partial charge is 0.467 e. The van der Waals surface area contributed by atoms with Gasteiger partial charge in [0.2, 0.25) is 0 Å². The average Bonchev–Trinajstić information content (AvgIpc) is 3.17. The SMILES string of the molecule is O=C(NC(c1ccccc1)c1ccco1)NC1C2CC3CC(C2)CC1C3. The third-order valence-corrected chi connectivity index (χ3v) is 6.76. The van der Waals surface area contributed by atoms with E-state index < -0.39 is 0 Å². The molecule has 1 unspecified atom stereocenters. The van der Waals surface area contributed by atoms with Gasteiger partial charge in [0, 0.05) is 6.04 Å². The number of nitrogens with one attached hydrogen (secondary N) is 2. The summed E-state index contributed by atoms with van der Waals surface area (Å²) in [5.41, 5.74) is 1.03. The summed E-state index contributed by atoms with van der Waals surface area (Å²) >= 11 is 0. The van der Waals surface area contributed by atoms with Gasteiger partial charge in [0.05, 0.1) is 6.26 Å². The quantitative estimate of drug-likeness (QED) is 0.853. The predicted molar refractivity (Wildman–Crippen MR) is 99.5 cm³/mol. The molecule has 1 heterocycles. The minimum Gasteiger partial charge on any atom is -0.467 e. The highest BCUT2D eigenvalue weighted by Gasteiger charge is 2.48. The Labute approximate surface area is 154 Å². The van der Waals surface area contributed by atoms with E-state index >= 15 is 0 Å². The Bertz CT molecular complexity index is 728. The Morgan fingerprint density at radius 2 is 1.62 bits per heavy atom. The second kappa shape index (κ2) is 6.49. The van der Waals surface area contributed by atoms with Crippen LogP contribution in [0.1, 0.15) is 49.5 Å². The van der Waals surface area contributed by atoms with Crippen molar-refractivity contribution in [2.45, 2.75) is 44.2 Å². The topological polar surface area (TPSA) is 54.3 Å². The molecule has 0 aliphatic heterocycles. The zero-order valence-electron chi connectivity index (χ0n) is 14.9. The molecule has 1 aromatic carbocycles. The van der Waals surface area contributed by atoms with Crippen LogP contribution in [-0.2, 0) is 0 Å². The summed E-state index contributed by atoms with van der Waals surface area (Å²) in [6.45, 7) is 0. The van der Waals surface area contributed by atoms with Gasteiger partial charge in [0.15, 0.2) is 0 Å². The Balaban J connectivity index is 1.31. The summed E-state index contributed by atoms with van der Waals surface area (Å²) in [6.07, 6.45) is 8.30. The molecule has 4 saturated carbocycles. The molecule has 0 radical (unpaired) electrons. The van der Waals surface area contributed by atoms with Crippen LogP contribution in [0.5, 0.6) is 0 Å². The number of furan rings is 1. The van der Waals surface area contributed by atoms with Gasteiger partial charge in [-0.25, -0.2) is 4.79 Å². The van der Waals surface area contributed by atoms with Crippen molar-refractivity contribution in [3.63, 3.8) is 0 Å². The molecule has 0 saturated heterocycles. The second-order valence-electron chi connectivity index (χ2n) is 8.43. The number of amides is 2. The molecular weight excluding hydrogens is 324 g/mol. The van der Waals surface area contributed by atoms with Crippen molar-refractivity contribution in [2.75, 3.05) is 0 Å². The van der Waals surface area contributed by atoms with Crippen LogP contribution in [0.15, 0.2) is 53.1 Å². The fraction of sp³-hybridized carbons (Fsp3) is 0.500. The van der Waals surface area contributed by atoms with Gasteiger partial charge in [-0.2, -0.15) is 0 Å². The monoisotopic (exact) mass is 350 g/mol. The molecule has 0 spiro atoms. The van der Waals surface area contributed by atoms with E-state index in [0.717, 1.165) is 23.2 Å². The van der Waals surface area contributed by atoms with Crippen LogP contribution in [0.25, 0.3) is 0 Å². The second-order valence-corrected chi connectivity index (χ2v) is 8.43. The third kappa shape index (κ3) is 2.91. The minimum absolute atomic E-state index is 0.0762. The standard InChI is InChI=1S/C22H26N2O2/c25-22(23-20-17-10-14-9-15(12-17)13-18(20)11-14)24-21(19-7-4-8-26-19)16-5-2-1-3-6-16/h1-8,14-15,17-18,20-21H,9-13H2,(H2,23,24,25). The smallest absolute Gasteiger partial charge is 0.315 e. The maximum absolute atomic E-state index is 12.9. The van der Waals surface area contributed by atoms with E-state index in [-0.39, 0.29) is 12.1 Å². The lowest BCUT2D eigenvalue weighted by Gasteiger charge is -2.54. The van der Waals surface area contributed by atoms with Crippen molar-refractivity contribution in [2.24, 2.45) is 23.7 Å². The number of rotatable bonds is 4. The van der Waals surface area contributed by atoms with E-state index in [1.54, 1.807) is 6.26 Å². The Hall–Kier alpha value is -2.23. The molecule has 4 heteroatoms. The molecule has 26 heavy (non-hydrogen) atoms. The van der Waals surface area contributed by atoms with E-state index in [1.165, 1.54) is 32.1 Å². The van der Waals surface area contributed by atoms with Gasteiger partial charge in [-0.05, 0) is 73.5 Å². The molecule has 2 amide bonds. The maximum Gasteiger partial charge on any atom is 0.315 e. The van der Waals surface area contributed by atoms with Gasteiger partial charge in [0.25, 0.3) is 0 Å². The average molecular weight is 350 g/mol. The summed E-state index contributed by atoms with van der Waals surface area (Å²) in [4.78, 5) is 12.9. The Morgan fingerprint density at radius 1 is 0.923 bits per heavy atom. The van der Waals surface area contributed by atoms with E-state index in [9.17, 15) is 4.79 Å². The summed E-state index contributed by atoms with van der Waals surface area (Å²) < 4.78 is 5.59. The first-order chi connectivity index (χ1) is 12.8. The zero-order chi connectivity index (χ0) is 17.5. The summed E-state index contributed by atoms with van der Waals surface area (Å²) in [6, 6.07) is 13.8. The van der Waals surface area contributed by atoms with E-state index in [1.807, 2.05) is 42.5 Å². The van der Waals surface area contributed by atoms with E-state index in [0.29, 0.717) is 17.9 Å². The van der Waals surface area contributed by atoms with Gasteiger partial charge in [-0.1, -0.05) is 30.3 Å². The van der Waals surface area contributed by atoms with Crippen LogP contribution in [0, 0.1) is 23.7 Å². The number of urea groups is 1. The molecule has 4 aliphatic carbocycles. The van der Waals surface area contributed by atoms with E-state index in [2.05, 4.69) is 10.6 Å². The molecule has 2 aromatic rings. The van der Waals surface area contributed by atoms with Gasteiger partial charge in [-0.3, -0.25) is 0 Å². The minimum atomic E-state index is -0.261. The lowest BCUT2D eigenvalue weighted by molar-refractivity contribution is -0.00950. The number of benzene rings is 1. The molecule has 4 nitrogen and oxygen atoms in total. The highest BCUT2D eigenvalue weighted by atomic mass is 16.3. The van der Waals surface area contributed by atoms with Crippen LogP contribution in [0.2, 0.25) is 0 Å². The van der Waals surface area contributed by atoms with Crippen LogP contribution in [-0.4, -0.2) is 12.1 Å². The lowest BCUT2D eigenvalue weighted by Crippen LogP contribution is -2.57. The van der Waals surface area contributed by atoms with Crippen molar-refractivity contribution < 1.29 is 9.21 Å². The number of hydrogen-bond donors (Lipinski definition) is 2. The maximum atomic E-state index is 12.9. The van der Waals surface area contributed by atoms with Gasteiger partial charge in [-0.15, -0.1) is 0 Å². The van der Waals surface area contributed by atoms with Crippen molar-refractivity contribution in [1.82, 2.24) is 10.6 Å². The van der Waals surface area contributed by atoms with Gasteiger partial charge in [0.1, 0.15) is 11.8 Å². The molecule has 4 aliphatic rings. The summed E-state index contributed by atoms with van der Waals surface area (Å²) in [5, 5.41) is 6.48. The van der Waals surface area contributed by atoms with Crippen molar-refractivity contribution in [3.8, 4) is 0 Å². The summed E-state index contributed by atoms with van der Waals surface area (Å²) in [7, 11) is 0. The Kier molecular flexibility index (Phi) is 3.99. The number of hydrogen-bond acceptors (Lipinski definition) is 2. The van der Waals surface area contributed by atoms with Crippen LogP contribution in [0.4, 0.5) is 4.79 Å². The summed E-state index contributed by atoms with van der Waals surface area (Å²) in [5.74, 6) is 3.95. The normalized spacial score (nSPS) is 33.0. The van der Waals surface area contributed by atoms with E-state index in [4.69, 9.17) is 4.42 Å². The Morgan fingerprint density at radius 3 is 2.23 bits per heavy atom. The van der Waals surface area contributed by atoms with Gasteiger partial charge < -0.3 is 15.1 Å². The molecule has 4 bridgehead atoms. The molecular formula is C22H26N2O2. The molecule has 4 fully saturated rings. The molecule has 2 N–H and O–H groups in total. The van der Waals surface area contributed by atoms with Gasteiger partial charge >= 0.3 is 6.03 Å². The van der Waals surface area contributed by atoms with Crippen molar-refractivity contribution in [3.05, 3.63) is 60.1 Å². The highest BCUT2D eigenvalue weighted by molar-refractivity contribution is 5.75. The molecule has 1 atom stereocenters. The van der Waals surface area contributed by atoms with Crippen LogP contribution >= 0.6 is 0 Å². The first kappa shape index (κ1) is 16.0. The third-order valence-electron chi connectivity index (χ3n) is 6.76. The first-order valence-corrected chi connectivity index (χ1v) is 9.91. The first-order valence-electron chi connectivity index (χ1n) is 9.91. The molecule has 136 valence electrons. The molecule has 1 aromatic heterocycles. The zero-order valence-corrected chi connectivity index (χ0v) is 14.9. The van der Waals surface area contributed by atoms with Crippen molar-refractivity contribution in [1.29, 1.82) is 0 Å². The van der Waals surface area contributed by atoms with Crippen LogP contribution < -0.4 is 10.6 Å². The van der Waals surface area contributed by atoms with Crippen molar-refractivity contribution >= 4 is 6.03 Å². The molecule has 6 rings (SSSR count). The fourth-order valence-corrected chi connectivity index (χ4v) is 5.90. The lowest BCUT2D eigenvalue weighted by atomic mass is 9.54.